The number of fused-ring (bicyclic) bond motifs is 1. The molecule has 2 amide bonds. The van der Waals surface area contributed by atoms with Gasteiger partial charge < -0.3 is 8.92 Å². The van der Waals surface area contributed by atoms with Crippen LogP contribution in [0, 0.1) is 6.92 Å². The molecule has 7 nitrogen and oxygen atoms in total. The van der Waals surface area contributed by atoms with Crippen LogP contribution in [0.15, 0.2) is 88.7 Å². The summed E-state index contributed by atoms with van der Waals surface area (Å²) in [7, 11) is -4.21. The van der Waals surface area contributed by atoms with Crippen LogP contribution in [0.2, 0.25) is 5.02 Å². The number of halogens is 1. The van der Waals surface area contributed by atoms with Crippen molar-refractivity contribution in [2.45, 2.75) is 31.6 Å². The molecule has 0 bridgehead atoms. The Morgan fingerprint density at radius 2 is 1.69 bits per heavy atom. The van der Waals surface area contributed by atoms with Gasteiger partial charge in [0.2, 0.25) is 0 Å². The van der Waals surface area contributed by atoms with Gasteiger partial charge in [0.05, 0.1) is 11.4 Å². The van der Waals surface area contributed by atoms with Crippen LogP contribution >= 0.6 is 23.4 Å². The molecule has 1 heterocycles. The standard InChI is InChI=1S/C32H28ClNO6S2/c1-20(2)25-14-8-21(3)18-29(25)39-17-16-34-31(35)30(41-32(34)36)19-27-26-7-5-4-6-22(26)9-15-28(27)40-42(37,38)24-12-10-23(33)11-13-24/h4-15,18-20H,16-17H2,1-3H3/b30-19-. The first kappa shape index (κ1) is 29.7. The number of imide groups is 1. The number of rotatable bonds is 9. The minimum absolute atomic E-state index is 0.0273. The first-order valence-electron chi connectivity index (χ1n) is 13.2. The fourth-order valence-corrected chi connectivity index (χ4v) is 6.50. The van der Waals surface area contributed by atoms with Gasteiger partial charge in [-0.15, -0.1) is 0 Å². The van der Waals surface area contributed by atoms with Crippen molar-refractivity contribution in [1.29, 1.82) is 0 Å². The van der Waals surface area contributed by atoms with Crippen LogP contribution in [0.5, 0.6) is 11.5 Å². The lowest BCUT2D eigenvalue weighted by Gasteiger charge is -2.17. The van der Waals surface area contributed by atoms with E-state index in [2.05, 4.69) is 13.8 Å². The molecule has 1 fully saturated rings. The van der Waals surface area contributed by atoms with E-state index >= 15 is 0 Å². The van der Waals surface area contributed by atoms with Gasteiger partial charge in [0.1, 0.15) is 17.3 Å². The summed E-state index contributed by atoms with van der Waals surface area (Å²) in [6.45, 7) is 6.33. The van der Waals surface area contributed by atoms with Crippen LogP contribution in [0.3, 0.4) is 0 Å². The second-order valence-corrected chi connectivity index (χ2v) is 13.0. The summed E-state index contributed by atoms with van der Waals surface area (Å²) < 4.78 is 37.8. The van der Waals surface area contributed by atoms with Gasteiger partial charge in [-0.2, -0.15) is 8.42 Å². The zero-order chi connectivity index (χ0) is 30.0. The van der Waals surface area contributed by atoms with Crippen molar-refractivity contribution in [3.63, 3.8) is 0 Å². The van der Waals surface area contributed by atoms with E-state index in [1.807, 2.05) is 37.3 Å². The molecule has 1 aliphatic rings. The molecule has 1 saturated heterocycles. The Morgan fingerprint density at radius 1 is 0.952 bits per heavy atom. The molecule has 1 aliphatic heterocycles. The van der Waals surface area contributed by atoms with Gasteiger partial charge in [-0.3, -0.25) is 14.5 Å². The SMILES string of the molecule is Cc1ccc(C(C)C)c(OCCN2C(=O)S/C(=C\c3c(OS(=O)(=O)c4ccc(Cl)cc4)ccc4ccccc34)C2=O)c1. The van der Waals surface area contributed by atoms with E-state index in [9.17, 15) is 18.0 Å². The van der Waals surface area contributed by atoms with E-state index in [1.54, 1.807) is 18.2 Å². The van der Waals surface area contributed by atoms with Crippen LogP contribution in [-0.2, 0) is 14.9 Å². The zero-order valence-electron chi connectivity index (χ0n) is 23.2. The number of ether oxygens (including phenoxy) is 1. The maximum Gasteiger partial charge on any atom is 0.339 e. The smallest absolute Gasteiger partial charge is 0.339 e. The van der Waals surface area contributed by atoms with E-state index in [-0.39, 0.29) is 34.6 Å². The number of nitrogens with zero attached hydrogens (tertiary/aromatic N) is 1. The molecule has 0 atom stereocenters. The van der Waals surface area contributed by atoms with Gasteiger partial charge >= 0.3 is 10.1 Å². The highest BCUT2D eigenvalue weighted by molar-refractivity contribution is 8.18. The van der Waals surface area contributed by atoms with E-state index in [0.717, 1.165) is 38.9 Å². The molecule has 4 aromatic rings. The van der Waals surface area contributed by atoms with Crippen LogP contribution in [0.4, 0.5) is 4.79 Å². The molecule has 42 heavy (non-hydrogen) atoms. The molecular weight excluding hydrogens is 594 g/mol. The van der Waals surface area contributed by atoms with Crippen LogP contribution in [0.1, 0.15) is 36.5 Å². The molecule has 0 unspecified atom stereocenters. The highest BCUT2D eigenvalue weighted by Gasteiger charge is 2.35. The van der Waals surface area contributed by atoms with Crippen LogP contribution in [0.25, 0.3) is 16.8 Å². The van der Waals surface area contributed by atoms with Crippen LogP contribution in [-0.4, -0.2) is 37.6 Å². The van der Waals surface area contributed by atoms with Crippen molar-refractivity contribution in [3.05, 3.63) is 105 Å². The third kappa shape index (κ3) is 6.33. The fourth-order valence-electron chi connectivity index (χ4n) is 4.58. The summed E-state index contributed by atoms with van der Waals surface area (Å²) >= 11 is 6.71. The Morgan fingerprint density at radius 3 is 2.43 bits per heavy atom. The molecule has 0 aromatic heterocycles. The average molecular weight is 622 g/mol. The molecule has 4 aromatic carbocycles. The predicted molar refractivity (Wildman–Crippen MR) is 167 cm³/mol. The van der Waals surface area contributed by atoms with Gasteiger partial charge in [0.15, 0.2) is 5.75 Å². The Bertz CT molecular complexity index is 1820. The lowest BCUT2D eigenvalue weighted by Crippen LogP contribution is -2.32. The lowest BCUT2D eigenvalue weighted by atomic mass is 10.0. The Hall–Kier alpha value is -3.79. The quantitative estimate of drug-likeness (QED) is 0.139. The largest absolute Gasteiger partial charge is 0.491 e. The molecule has 0 spiro atoms. The Labute approximate surface area is 254 Å². The normalized spacial score (nSPS) is 14.8. The monoisotopic (exact) mass is 621 g/mol. The first-order chi connectivity index (χ1) is 20.0. The highest BCUT2D eigenvalue weighted by atomic mass is 35.5. The maximum atomic E-state index is 13.4. The summed E-state index contributed by atoms with van der Waals surface area (Å²) in [5.41, 5.74) is 2.47. The number of amides is 2. The van der Waals surface area contributed by atoms with Gasteiger partial charge in [-0.05, 0) is 89.0 Å². The number of carbonyl (C=O) groups is 2. The molecule has 216 valence electrons. The summed E-state index contributed by atoms with van der Waals surface area (Å²) in [4.78, 5) is 27.5. The second-order valence-electron chi connectivity index (χ2n) is 10.1. The fraction of sp³-hybridized carbons (Fsp3) is 0.188. The molecule has 10 heteroatoms. The summed E-state index contributed by atoms with van der Waals surface area (Å²) in [5.74, 6) is 0.522. The Balaban J connectivity index is 1.42. The summed E-state index contributed by atoms with van der Waals surface area (Å²) in [6, 6.07) is 22.2. The lowest BCUT2D eigenvalue weighted by molar-refractivity contribution is -0.123. The van der Waals surface area contributed by atoms with E-state index in [1.165, 1.54) is 36.4 Å². The Kier molecular flexibility index (Phi) is 8.63. The average Bonchev–Trinajstić information content (AvgIpc) is 3.21. The number of aryl methyl sites for hydroxylation is 1. The number of benzene rings is 4. The molecule has 0 saturated carbocycles. The molecule has 0 aliphatic carbocycles. The van der Waals surface area contributed by atoms with Crippen molar-refractivity contribution in [3.8, 4) is 11.5 Å². The number of carbonyl (C=O) groups excluding carboxylic acids is 2. The second kappa shape index (κ2) is 12.2. The highest BCUT2D eigenvalue weighted by Crippen LogP contribution is 2.38. The summed E-state index contributed by atoms with van der Waals surface area (Å²) in [6.07, 6.45) is 1.51. The number of thioether (sulfide) groups is 1. The van der Waals surface area contributed by atoms with Crippen molar-refractivity contribution in [2.75, 3.05) is 13.2 Å². The summed E-state index contributed by atoms with van der Waals surface area (Å²) in [5, 5.41) is 1.43. The van der Waals surface area contributed by atoms with Crippen molar-refractivity contribution in [1.82, 2.24) is 4.90 Å². The molecule has 0 radical (unpaired) electrons. The first-order valence-corrected chi connectivity index (χ1v) is 15.8. The minimum atomic E-state index is -4.21. The van der Waals surface area contributed by atoms with Crippen LogP contribution < -0.4 is 8.92 Å². The maximum absolute atomic E-state index is 13.4. The number of hydrogen-bond acceptors (Lipinski definition) is 7. The topological polar surface area (TPSA) is 90.0 Å². The molecule has 0 N–H and O–H groups in total. The molecular formula is C32H28ClNO6S2. The zero-order valence-corrected chi connectivity index (χ0v) is 25.6. The van der Waals surface area contributed by atoms with Gasteiger partial charge in [-0.1, -0.05) is 67.9 Å². The van der Waals surface area contributed by atoms with Gasteiger partial charge in [0, 0.05) is 10.6 Å². The van der Waals surface area contributed by atoms with Gasteiger partial charge in [-0.25, -0.2) is 0 Å². The third-order valence-corrected chi connectivity index (χ3v) is 9.15. The van der Waals surface area contributed by atoms with E-state index < -0.39 is 21.3 Å². The van der Waals surface area contributed by atoms with Crippen molar-refractivity contribution in [2.24, 2.45) is 0 Å². The molecule has 5 rings (SSSR count). The van der Waals surface area contributed by atoms with Gasteiger partial charge in [0.25, 0.3) is 11.1 Å². The van der Waals surface area contributed by atoms with Crippen molar-refractivity contribution >= 4 is 61.5 Å². The van der Waals surface area contributed by atoms with E-state index in [0.29, 0.717) is 16.0 Å². The minimum Gasteiger partial charge on any atom is -0.491 e. The van der Waals surface area contributed by atoms with Crippen molar-refractivity contribution < 1.29 is 26.9 Å². The predicted octanol–water partition coefficient (Wildman–Crippen LogP) is 7.81. The van der Waals surface area contributed by atoms with E-state index in [4.69, 9.17) is 20.5 Å². The number of hydrogen-bond donors (Lipinski definition) is 0. The third-order valence-electron chi connectivity index (χ3n) is 6.75.